The van der Waals surface area contributed by atoms with Crippen LogP contribution >= 0.6 is 0 Å². The maximum atomic E-state index is 12.6. The standard InChI is InChI=1S/C18H19N3O3S/c1-21-17-9-8-16(10-12(17)11-18(21)22)25(23,24)20-15-6-4-14(5-7-15)19-13-2-3-13/h4-10,13,19-20H,2-3,11H2,1H3. The van der Waals surface area contributed by atoms with Crippen molar-refractivity contribution in [1.29, 1.82) is 0 Å². The summed E-state index contributed by atoms with van der Waals surface area (Å²) in [5.41, 5.74) is 3.00. The van der Waals surface area contributed by atoms with Crippen molar-refractivity contribution in [3.8, 4) is 0 Å². The zero-order valence-corrected chi connectivity index (χ0v) is 14.6. The fourth-order valence-corrected chi connectivity index (χ4v) is 4.03. The van der Waals surface area contributed by atoms with E-state index < -0.39 is 10.0 Å². The van der Waals surface area contributed by atoms with Gasteiger partial charge in [0.2, 0.25) is 5.91 Å². The lowest BCUT2D eigenvalue weighted by Gasteiger charge is -2.12. The first-order valence-corrected chi connectivity index (χ1v) is 9.69. The van der Waals surface area contributed by atoms with Crippen LogP contribution in [0.2, 0.25) is 0 Å². The number of amides is 1. The molecule has 2 aromatic carbocycles. The van der Waals surface area contributed by atoms with Crippen molar-refractivity contribution in [2.45, 2.75) is 30.2 Å². The normalized spacial score (nSPS) is 16.7. The molecular weight excluding hydrogens is 338 g/mol. The quantitative estimate of drug-likeness (QED) is 0.862. The van der Waals surface area contributed by atoms with Gasteiger partial charge in [0.05, 0.1) is 11.3 Å². The number of hydrogen-bond donors (Lipinski definition) is 2. The summed E-state index contributed by atoms with van der Waals surface area (Å²) in [7, 11) is -2.00. The van der Waals surface area contributed by atoms with Crippen LogP contribution in [0.4, 0.5) is 17.1 Å². The maximum absolute atomic E-state index is 12.6. The highest BCUT2D eigenvalue weighted by Crippen LogP contribution is 2.30. The molecule has 1 saturated carbocycles. The van der Waals surface area contributed by atoms with Crippen molar-refractivity contribution >= 4 is 33.0 Å². The maximum Gasteiger partial charge on any atom is 0.261 e. The van der Waals surface area contributed by atoms with E-state index in [9.17, 15) is 13.2 Å². The molecule has 1 amide bonds. The predicted molar refractivity (Wildman–Crippen MR) is 97.5 cm³/mol. The minimum absolute atomic E-state index is 0.0312. The molecule has 1 aliphatic heterocycles. The van der Waals surface area contributed by atoms with Gasteiger partial charge in [-0.25, -0.2) is 8.42 Å². The second kappa shape index (κ2) is 5.77. The van der Waals surface area contributed by atoms with Crippen LogP contribution in [0, 0.1) is 0 Å². The molecule has 130 valence electrons. The largest absolute Gasteiger partial charge is 0.382 e. The summed E-state index contributed by atoms with van der Waals surface area (Å²) < 4.78 is 27.8. The van der Waals surface area contributed by atoms with Crippen molar-refractivity contribution in [3.05, 3.63) is 48.0 Å². The zero-order chi connectivity index (χ0) is 17.6. The van der Waals surface area contributed by atoms with Gasteiger partial charge in [0.15, 0.2) is 0 Å². The molecule has 1 aliphatic carbocycles. The Morgan fingerprint density at radius 2 is 1.72 bits per heavy atom. The summed E-state index contributed by atoms with van der Waals surface area (Å²) in [4.78, 5) is 13.5. The van der Waals surface area contributed by atoms with E-state index in [4.69, 9.17) is 0 Å². The first kappa shape index (κ1) is 16.0. The molecule has 0 aromatic heterocycles. The number of anilines is 3. The number of benzene rings is 2. The monoisotopic (exact) mass is 357 g/mol. The molecule has 0 spiro atoms. The number of carbonyl (C=O) groups is 1. The van der Waals surface area contributed by atoms with Crippen LogP contribution in [0.15, 0.2) is 47.4 Å². The second-order valence-corrected chi connectivity index (χ2v) is 8.20. The van der Waals surface area contributed by atoms with Gasteiger partial charge >= 0.3 is 0 Å². The van der Waals surface area contributed by atoms with Crippen molar-refractivity contribution < 1.29 is 13.2 Å². The molecule has 2 aromatic rings. The van der Waals surface area contributed by atoms with Gasteiger partial charge in [0.1, 0.15) is 0 Å². The van der Waals surface area contributed by atoms with E-state index in [0.717, 1.165) is 16.9 Å². The average Bonchev–Trinajstić information content (AvgIpc) is 3.35. The first-order valence-electron chi connectivity index (χ1n) is 8.21. The summed E-state index contributed by atoms with van der Waals surface area (Å²) in [5, 5.41) is 3.36. The Balaban J connectivity index is 1.53. The van der Waals surface area contributed by atoms with E-state index in [-0.39, 0.29) is 17.2 Å². The molecule has 7 heteroatoms. The number of carbonyl (C=O) groups excluding carboxylic acids is 1. The van der Waals surface area contributed by atoms with Gasteiger partial charge in [-0.05, 0) is 60.9 Å². The lowest BCUT2D eigenvalue weighted by Crippen LogP contribution is -2.20. The first-order chi connectivity index (χ1) is 11.9. The number of rotatable bonds is 5. The third-order valence-electron chi connectivity index (χ3n) is 4.52. The van der Waals surface area contributed by atoms with Gasteiger partial charge in [-0.1, -0.05) is 0 Å². The summed E-state index contributed by atoms with van der Waals surface area (Å²) in [6.07, 6.45) is 2.60. The highest BCUT2D eigenvalue weighted by Gasteiger charge is 2.26. The van der Waals surface area contributed by atoms with E-state index in [0.29, 0.717) is 11.7 Å². The molecule has 0 unspecified atom stereocenters. The number of fused-ring (bicyclic) bond motifs is 1. The van der Waals surface area contributed by atoms with Crippen LogP contribution in [0.1, 0.15) is 18.4 Å². The molecule has 25 heavy (non-hydrogen) atoms. The average molecular weight is 357 g/mol. The van der Waals surface area contributed by atoms with Crippen molar-refractivity contribution in [2.24, 2.45) is 0 Å². The van der Waals surface area contributed by atoms with Crippen LogP contribution in [-0.2, 0) is 21.2 Å². The van der Waals surface area contributed by atoms with Gasteiger partial charge in [0, 0.05) is 30.2 Å². The molecule has 6 nitrogen and oxygen atoms in total. The second-order valence-electron chi connectivity index (χ2n) is 6.52. The van der Waals surface area contributed by atoms with Crippen molar-refractivity contribution in [1.82, 2.24) is 0 Å². The zero-order valence-electron chi connectivity index (χ0n) is 13.8. The molecule has 1 heterocycles. The highest BCUT2D eigenvalue weighted by molar-refractivity contribution is 7.92. The molecule has 1 fully saturated rings. The summed E-state index contributed by atoms with van der Waals surface area (Å²) in [6.45, 7) is 0. The number of hydrogen-bond acceptors (Lipinski definition) is 4. The Kier molecular flexibility index (Phi) is 3.68. The lowest BCUT2D eigenvalue weighted by atomic mass is 10.2. The fraction of sp³-hybridized carbons (Fsp3) is 0.278. The van der Waals surface area contributed by atoms with Crippen LogP contribution < -0.4 is 14.9 Å². The SMILES string of the molecule is CN1C(=O)Cc2cc(S(=O)(=O)Nc3ccc(NC4CC4)cc3)ccc21. The number of sulfonamides is 1. The van der Waals surface area contributed by atoms with Gasteiger partial charge in [-0.2, -0.15) is 0 Å². The van der Waals surface area contributed by atoms with E-state index in [1.165, 1.54) is 18.9 Å². The summed E-state index contributed by atoms with van der Waals surface area (Å²) in [6, 6.07) is 12.5. The third kappa shape index (κ3) is 3.19. The number of nitrogens with one attached hydrogen (secondary N) is 2. The smallest absolute Gasteiger partial charge is 0.261 e. The number of nitrogens with zero attached hydrogens (tertiary/aromatic N) is 1. The molecule has 0 bridgehead atoms. The minimum atomic E-state index is -3.69. The van der Waals surface area contributed by atoms with Crippen LogP contribution in [0.3, 0.4) is 0 Å². The van der Waals surface area contributed by atoms with Crippen LogP contribution in [-0.4, -0.2) is 27.4 Å². The van der Waals surface area contributed by atoms with Gasteiger partial charge in [0.25, 0.3) is 10.0 Å². The lowest BCUT2D eigenvalue weighted by molar-refractivity contribution is -0.117. The Labute approximate surface area is 146 Å². The van der Waals surface area contributed by atoms with E-state index in [1.54, 1.807) is 36.2 Å². The minimum Gasteiger partial charge on any atom is -0.382 e. The van der Waals surface area contributed by atoms with Gasteiger partial charge in [-0.15, -0.1) is 0 Å². The Morgan fingerprint density at radius 3 is 2.40 bits per heavy atom. The van der Waals surface area contributed by atoms with Crippen molar-refractivity contribution in [2.75, 3.05) is 22.0 Å². The molecule has 0 atom stereocenters. The Bertz CT molecular complexity index is 935. The topological polar surface area (TPSA) is 78.5 Å². The summed E-state index contributed by atoms with van der Waals surface area (Å²) in [5.74, 6) is -0.0312. The van der Waals surface area contributed by atoms with Crippen LogP contribution in [0.25, 0.3) is 0 Å². The van der Waals surface area contributed by atoms with Crippen molar-refractivity contribution in [3.63, 3.8) is 0 Å². The molecule has 0 saturated heterocycles. The summed E-state index contributed by atoms with van der Waals surface area (Å²) >= 11 is 0. The molecule has 2 N–H and O–H groups in total. The fourth-order valence-electron chi connectivity index (χ4n) is 2.93. The third-order valence-corrected chi connectivity index (χ3v) is 5.90. The molecular formula is C18H19N3O3S. The predicted octanol–water partition coefficient (Wildman–Crippen LogP) is 2.58. The molecule has 4 rings (SSSR count). The van der Waals surface area contributed by atoms with E-state index in [2.05, 4.69) is 10.0 Å². The van der Waals surface area contributed by atoms with E-state index >= 15 is 0 Å². The highest BCUT2D eigenvalue weighted by atomic mass is 32.2. The van der Waals surface area contributed by atoms with Crippen LogP contribution in [0.5, 0.6) is 0 Å². The molecule has 0 radical (unpaired) electrons. The Morgan fingerprint density at radius 1 is 1.04 bits per heavy atom. The Hall–Kier alpha value is -2.54. The number of likely N-dealkylation sites (N-methyl/N-ethyl adjacent to an activating group) is 1. The van der Waals surface area contributed by atoms with Gasteiger partial charge in [-0.3, -0.25) is 9.52 Å². The molecule has 2 aliphatic rings. The van der Waals surface area contributed by atoms with E-state index in [1.807, 2.05) is 12.1 Å². The van der Waals surface area contributed by atoms with Gasteiger partial charge < -0.3 is 10.2 Å².